The van der Waals surface area contributed by atoms with Crippen molar-refractivity contribution in [1.82, 2.24) is 10.2 Å². The van der Waals surface area contributed by atoms with Gasteiger partial charge in [0.15, 0.2) is 0 Å². The molecule has 0 aromatic carbocycles. The fraction of sp³-hybridized carbons (Fsp3) is 1.00. The van der Waals surface area contributed by atoms with Gasteiger partial charge in [0.1, 0.15) is 0 Å². The number of hydrogen-bond acceptors (Lipinski definition) is 2. The zero-order chi connectivity index (χ0) is 15.3. The van der Waals surface area contributed by atoms with Gasteiger partial charge in [0.05, 0.1) is 0 Å². The van der Waals surface area contributed by atoms with Gasteiger partial charge >= 0.3 is 0 Å². The molecule has 1 aliphatic rings. The Balaban J connectivity index is 2.72. The lowest BCUT2D eigenvalue weighted by molar-refractivity contribution is 0.0804. The Kier molecular flexibility index (Phi) is 7.00. The largest absolute Gasteiger partial charge is 0.314 e. The van der Waals surface area contributed by atoms with E-state index in [1.54, 1.807) is 0 Å². The van der Waals surface area contributed by atoms with Gasteiger partial charge in [-0.05, 0) is 63.5 Å². The molecule has 3 atom stereocenters. The minimum absolute atomic E-state index is 0.463. The lowest BCUT2D eigenvalue weighted by atomic mass is 9.67. The molecule has 0 bridgehead atoms. The van der Waals surface area contributed by atoms with Crippen LogP contribution in [0.5, 0.6) is 0 Å². The predicted molar refractivity (Wildman–Crippen MR) is 90.1 cm³/mol. The summed E-state index contributed by atoms with van der Waals surface area (Å²) in [5, 5.41) is 3.75. The van der Waals surface area contributed by atoms with Crippen LogP contribution in [0.15, 0.2) is 0 Å². The zero-order valence-electron chi connectivity index (χ0n) is 15.0. The Labute approximate surface area is 127 Å². The third kappa shape index (κ3) is 5.04. The second-order valence-electron chi connectivity index (χ2n) is 7.98. The van der Waals surface area contributed by atoms with Crippen molar-refractivity contribution in [3.05, 3.63) is 0 Å². The molecule has 1 aliphatic carbocycles. The summed E-state index contributed by atoms with van der Waals surface area (Å²) in [6.45, 7) is 20.0. The first kappa shape index (κ1) is 18.0. The summed E-state index contributed by atoms with van der Waals surface area (Å²) < 4.78 is 0. The molecule has 120 valence electrons. The Morgan fingerprint density at radius 2 is 1.80 bits per heavy atom. The summed E-state index contributed by atoms with van der Waals surface area (Å²) in [5.41, 5.74) is 0.463. The van der Waals surface area contributed by atoms with Gasteiger partial charge in [0, 0.05) is 18.6 Å². The van der Waals surface area contributed by atoms with Crippen LogP contribution < -0.4 is 5.32 Å². The summed E-state index contributed by atoms with van der Waals surface area (Å²) in [7, 11) is 0. The molecule has 1 fully saturated rings. The normalized spacial score (nSPS) is 28.4. The molecular weight excluding hydrogens is 244 g/mol. The van der Waals surface area contributed by atoms with E-state index in [2.05, 4.69) is 58.7 Å². The second-order valence-corrected chi connectivity index (χ2v) is 7.98. The van der Waals surface area contributed by atoms with Crippen LogP contribution in [0, 0.1) is 17.3 Å². The molecule has 0 amide bonds. The Bertz CT molecular complexity index is 265. The van der Waals surface area contributed by atoms with Crippen molar-refractivity contribution in [2.24, 2.45) is 17.3 Å². The monoisotopic (exact) mass is 282 g/mol. The van der Waals surface area contributed by atoms with Gasteiger partial charge in [-0.15, -0.1) is 0 Å². The quantitative estimate of drug-likeness (QED) is 0.787. The van der Waals surface area contributed by atoms with Crippen LogP contribution >= 0.6 is 0 Å². The first-order chi connectivity index (χ1) is 9.29. The van der Waals surface area contributed by atoms with E-state index in [-0.39, 0.29) is 0 Å². The van der Waals surface area contributed by atoms with Crippen molar-refractivity contribution in [2.75, 3.05) is 19.6 Å². The molecular formula is C18H38N2. The zero-order valence-corrected chi connectivity index (χ0v) is 15.0. The highest BCUT2D eigenvalue weighted by atomic mass is 15.1. The molecule has 0 saturated heterocycles. The molecule has 1 rings (SSSR count). The van der Waals surface area contributed by atoms with E-state index >= 15 is 0 Å². The molecule has 0 aliphatic heterocycles. The summed E-state index contributed by atoms with van der Waals surface area (Å²) >= 11 is 0. The summed E-state index contributed by atoms with van der Waals surface area (Å²) in [5.74, 6) is 1.70. The molecule has 0 heterocycles. The molecule has 0 spiro atoms. The van der Waals surface area contributed by atoms with Crippen LogP contribution in [0.1, 0.15) is 67.7 Å². The lowest BCUT2D eigenvalue weighted by Gasteiger charge is -2.44. The van der Waals surface area contributed by atoms with Crippen molar-refractivity contribution in [3.8, 4) is 0 Å². The van der Waals surface area contributed by atoms with E-state index < -0.39 is 0 Å². The topological polar surface area (TPSA) is 15.3 Å². The van der Waals surface area contributed by atoms with E-state index in [1.165, 1.54) is 32.4 Å². The summed E-state index contributed by atoms with van der Waals surface area (Å²) in [6, 6.07) is 1.39. The molecule has 0 aromatic heterocycles. The molecule has 0 aromatic rings. The molecule has 1 N–H and O–H groups in total. The molecule has 2 heteroatoms. The van der Waals surface area contributed by atoms with Crippen molar-refractivity contribution >= 4 is 0 Å². The summed E-state index contributed by atoms with van der Waals surface area (Å²) in [4.78, 5) is 2.64. The molecule has 20 heavy (non-hydrogen) atoms. The maximum absolute atomic E-state index is 3.75. The maximum Gasteiger partial charge on any atom is 0.0108 e. The van der Waals surface area contributed by atoms with Gasteiger partial charge in [0.2, 0.25) is 0 Å². The standard InChI is InChI=1S/C18H38N2/c1-8-19-17-11-10-16(18(5,6)7)12-15(17)13-20(9-2)14(3)4/h14-17,19H,8-13H2,1-7H3. The lowest BCUT2D eigenvalue weighted by Crippen LogP contribution is -2.48. The maximum atomic E-state index is 3.75. The highest BCUT2D eigenvalue weighted by molar-refractivity contribution is 4.90. The first-order valence-electron chi connectivity index (χ1n) is 8.77. The fourth-order valence-corrected chi connectivity index (χ4v) is 3.79. The van der Waals surface area contributed by atoms with Crippen LogP contribution in [0.25, 0.3) is 0 Å². The van der Waals surface area contributed by atoms with Crippen LogP contribution in [-0.2, 0) is 0 Å². The molecule has 0 radical (unpaired) electrons. The fourth-order valence-electron chi connectivity index (χ4n) is 3.79. The van der Waals surface area contributed by atoms with E-state index in [0.29, 0.717) is 11.5 Å². The van der Waals surface area contributed by atoms with Gasteiger partial charge in [-0.25, -0.2) is 0 Å². The predicted octanol–water partition coefficient (Wildman–Crippen LogP) is 4.16. The van der Waals surface area contributed by atoms with Crippen LogP contribution in [0.2, 0.25) is 0 Å². The number of hydrogen-bond donors (Lipinski definition) is 1. The number of nitrogens with one attached hydrogen (secondary N) is 1. The van der Waals surface area contributed by atoms with Gasteiger partial charge in [-0.3, -0.25) is 0 Å². The third-order valence-corrected chi connectivity index (χ3v) is 5.28. The van der Waals surface area contributed by atoms with Crippen molar-refractivity contribution in [2.45, 2.75) is 79.8 Å². The Morgan fingerprint density at radius 1 is 1.15 bits per heavy atom. The van der Waals surface area contributed by atoms with Crippen LogP contribution in [0.4, 0.5) is 0 Å². The number of rotatable bonds is 6. The minimum Gasteiger partial charge on any atom is -0.314 e. The van der Waals surface area contributed by atoms with Crippen LogP contribution in [0.3, 0.4) is 0 Å². The highest BCUT2D eigenvalue weighted by Gasteiger charge is 2.36. The first-order valence-corrected chi connectivity index (χ1v) is 8.77. The van der Waals surface area contributed by atoms with Gasteiger partial charge in [-0.2, -0.15) is 0 Å². The third-order valence-electron chi connectivity index (χ3n) is 5.28. The molecule has 2 nitrogen and oxygen atoms in total. The van der Waals surface area contributed by atoms with Crippen LogP contribution in [-0.4, -0.2) is 36.6 Å². The molecule has 1 saturated carbocycles. The summed E-state index contributed by atoms with van der Waals surface area (Å²) in [6.07, 6.45) is 4.14. The van der Waals surface area contributed by atoms with Gasteiger partial charge in [0.25, 0.3) is 0 Å². The Morgan fingerprint density at radius 3 is 2.25 bits per heavy atom. The van der Waals surface area contributed by atoms with Crippen molar-refractivity contribution in [1.29, 1.82) is 0 Å². The minimum atomic E-state index is 0.463. The van der Waals surface area contributed by atoms with E-state index in [9.17, 15) is 0 Å². The highest BCUT2D eigenvalue weighted by Crippen LogP contribution is 2.40. The van der Waals surface area contributed by atoms with Gasteiger partial charge in [-0.1, -0.05) is 34.6 Å². The second kappa shape index (κ2) is 7.79. The smallest absolute Gasteiger partial charge is 0.0108 e. The van der Waals surface area contributed by atoms with E-state index in [0.717, 1.165) is 24.4 Å². The van der Waals surface area contributed by atoms with E-state index in [1.807, 2.05) is 0 Å². The van der Waals surface area contributed by atoms with Gasteiger partial charge < -0.3 is 10.2 Å². The molecule has 3 unspecified atom stereocenters. The average molecular weight is 283 g/mol. The SMILES string of the molecule is CCNC1CCC(C(C)(C)C)CC1CN(CC)C(C)C. The van der Waals surface area contributed by atoms with E-state index in [4.69, 9.17) is 0 Å². The number of nitrogens with zero attached hydrogens (tertiary/aromatic N) is 1. The average Bonchev–Trinajstić information content (AvgIpc) is 2.36. The Hall–Kier alpha value is -0.0800. The van der Waals surface area contributed by atoms with Crippen molar-refractivity contribution < 1.29 is 0 Å². The van der Waals surface area contributed by atoms with Crippen molar-refractivity contribution in [3.63, 3.8) is 0 Å².